The predicted molar refractivity (Wildman–Crippen MR) is 145 cm³/mol. The molecule has 6 rings (SSSR count). The molecule has 196 valence electrons. The van der Waals surface area contributed by atoms with Gasteiger partial charge in [0, 0.05) is 51.2 Å². The van der Waals surface area contributed by atoms with Crippen LogP contribution in [0.25, 0.3) is 11.0 Å². The highest BCUT2D eigenvalue weighted by atomic mass is 16.6. The zero-order valence-corrected chi connectivity index (χ0v) is 21.9. The Morgan fingerprint density at radius 2 is 1.89 bits per heavy atom. The Balaban J connectivity index is 1.33. The molecule has 0 bridgehead atoms. The highest BCUT2D eigenvalue weighted by Crippen LogP contribution is 2.35. The van der Waals surface area contributed by atoms with Crippen molar-refractivity contribution in [2.75, 3.05) is 20.1 Å². The standard InChI is InChI=1S/C28H32N8O2/c1-4-35(5-2)28(37)38-26-24(19-9-7-18(8-10-19)17-36-12-6-11-30-36)33-34(3)25(26)27-31-22-13-20-15-29-16-21(20)14-23(22)32-27/h6-14,25-26,29H,4-5,15-17H2,1-3H3,(H,31,32). The van der Waals surface area contributed by atoms with Crippen LogP contribution in [-0.4, -0.2) is 67.7 Å². The number of carbonyl (C=O) groups excluding carboxylic acids is 1. The van der Waals surface area contributed by atoms with Crippen LogP contribution < -0.4 is 5.32 Å². The smallest absolute Gasteiger partial charge is 0.410 e. The zero-order chi connectivity index (χ0) is 26.2. The van der Waals surface area contributed by atoms with E-state index in [9.17, 15) is 4.79 Å². The average Bonchev–Trinajstić information content (AvgIpc) is 3.71. The summed E-state index contributed by atoms with van der Waals surface area (Å²) in [4.78, 5) is 23.3. The minimum atomic E-state index is -0.626. The first-order chi connectivity index (χ1) is 18.5. The SMILES string of the molecule is CCN(CC)C(=O)OC1C(c2ccc(Cn3cccn3)cc2)=NN(C)C1c1nc2cc3c(cc2[nH]1)CNC3. The molecule has 0 radical (unpaired) electrons. The molecule has 4 aromatic rings. The highest BCUT2D eigenvalue weighted by molar-refractivity contribution is 6.06. The molecular formula is C28H32N8O2. The number of hydrazone groups is 1. The van der Waals surface area contributed by atoms with Crippen LogP contribution in [0.1, 0.15) is 48.0 Å². The molecule has 10 nitrogen and oxygen atoms in total. The van der Waals surface area contributed by atoms with E-state index in [0.29, 0.717) is 25.3 Å². The number of hydrogen-bond acceptors (Lipinski definition) is 7. The summed E-state index contributed by atoms with van der Waals surface area (Å²) in [6.07, 6.45) is 2.73. The van der Waals surface area contributed by atoms with Gasteiger partial charge in [-0.15, -0.1) is 0 Å². The zero-order valence-electron chi connectivity index (χ0n) is 21.9. The van der Waals surface area contributed by atoms with Crippen molar-refractivity contribution in [1.82, 2.24) is 35.0 Å². The number of carbonyl (C=O) groups is 1. The van der Waals surface area contributed by atoms with Crippen LogP contribution in [0.15, 0.2) is 60.0 Å². The molecule has 2 N–H and O–H groups in total. The third-order valence-corrected chi connectivity index (χ3v) is 7.36. The molecule has 0 saturated carbocycles. The number of fused-ring (bicyclic) bond motifs is 2. The molecule has 2 aliphatic heterocycles. The van der Waals surface area contributed by atoms with Crippen molar-refractivity contribution >= 4 is 22.8 Å². The Hall–Kier alpha value is -4.18. The summed E-state index contributed by atoms with van der Waals surface area (Å²) in [7, 11) is 1.90. The van der Waals surface area contributed by atoms with Gasteiger partial charge in [0.25, 0.3) is 0 Å². The van der Waals surface area contributed by atoms with Gasteiger partial charge >= 0.3 is 6.09 Å². The third kappa shape index (κ3) is 4.41. The molecule has 0 spiro atoms. The Bertz CT molecular complexity index is 1430. The van der Waals surface area contributed by atoms with E-state index in [1.165, 1.54) is 11.1 Å². The molecule has 2 unspecified atom stereocenters. The maximum atomic E-state index is 13.1. The average molecular weight is 513 g/mol. The van der Waals surface area contributed by atoms with Gasteiger partial charge in [-0.3, -0.25) is 9.69 Å². The minimum Gasteiger partial charge on any atom is -0.437 e. The third-order valence-electron chi connectivity index (χ3n) is 7.36. The van der Waals surface area contributed by atoms with Gasteiger partial charge in [-0.25, -0.2) is 9.78 Å². The van der Waals surface area contributed by atoms with Crippen LogP contribution in [0, 0.1) is 0 Å². The molecule has 0 saturated heterocycles. The van der Waals surface area contributed by atoms with E-state index in [1.807, 2.05) is 55.0 Å². The van der Waals surface area contributed by atoms with E-state index in [1.54, 1.807) is 11.1 Å². The fourth-order valence-electron chi connectivity index (χ4n) is 5.29. The number of H-pyrrole nitrogens is 1. The Labute approximate surface area is 221 Å². The Morgan fingerprint density at radius 1 is 1.13 bits per heavy atom. The molecule has 2 aromatic heterocycles. The van der Waals surface area contributed by atoms with E-state index in [-0.39, 0.29) is 12.1 Å². The van der Waals surface area contributed by atoms with E-state index in [2.05, 4.69) is 39.7 Å². The number of nitrogens with one attached hydrogen (secondary N) is 2. The number of imidazole rings is 1. The quantitative estimate of drug-likeness (QED) is 0.392. The number of ether oxygens (including phenoxy) is 1. The number of nitrogens with zero attached hydrogens (tertiary/aromatic N) is 6. The van der Waals surface area contributed by atoms with Crippen LogP contribution >= 0.6 is 0 Å². The van der Waals surface area contributed by atoms with Crippen molar-refractivity contribution in [3.8, 4) is 0 Å². The number of likely N-dealkylation sites (N-methyl/N-ethyl adjacent to an activating group) is 1. The predicted octanol–water partition coefficient (Wildman–Crippen LogP) is 3.65. The second-order valence-electron chi connectivity index (χ2n) is 9.74. The molecule has 38 heavy (non-hydrogen) atoms. The van der Waals surface area contributed by atoms with E-state index in [0.717, 1.165) is 41.1 Å². The fraction of sp³-hybridized carbons (Fsp3) is 0.357. The summed E-state index contributed by atoms with van der Waals surface area (Å²) in [6.45, 7) is 7.43. The first-order valence-corrected chi connectivity index (χ1v) is 13.1. The summed E-state index contributed by atoms with van der Waals surface area (Å²) in [5, 5.41) is 14.4. The molecule has 2 aliphatic rings. The van der Waals surface area contributed by atoms with Crippen LogP contribution in [0.5, 0.6) is 0 Å². The van der Waals surface area contributed by atoms with Crippen molar-refractivity contribution in [3.63, 3.8) is 0 Å². The van der Waals surface area contributed by atoms with Gasteiger partial charge in [-0.1, -0.05) is 24.3 Å². The van der Waals surface area contributed by atoms with Gasteiger partial charge in [0.05, 0.1) is 17.6 Å². The number of hydrogen-bond donors (Lipinski definition) is 2. The maximum absolute atomic E-state index is 13.1. The lowest BCUT2D eigenvalue weighted by molar-refractivity contribution is 0.0601. The minimum absolute atomic E-state index is 0.357. The molecular weight excluding hydrogens is 480 g/mol. The van der Waals surface area contributed by atoms with Crippen molar-refractivity contribution in [1.29, 1.82) is 0 Å². The summed E-state index contributed by atoms with van der Waals surface area (Å²) >= 11 is 0. The van der Waals surface area contributed by atoms with Gasteiger partial charge in [-0.05, 0) is 48.7 Å². The lowest BCUT2D eigenvalue weighted by atomic mass is 9.99. The maximum Gasteiger partial charge on any atom is 0.410 e. The summed E-state index contributed by atoms with van der Waals surface area (Å²) in [6, 6.07) is 14.0. The van der Waals surface area contributed by atoms with Crippen LogP contribution in [0.4, 0.5) is 4.79 Å². The molecule has 1 amide bonds. The van der Waals surface area contributed by atoms with Crippen LogP contribution in [-0.2, 0) is 24.4 Å². The number of benzene rings is 2. The highest BCUT2D eigenvalue weighted by Gasteiger charge is 2.42. The number of aromatic amines is 1. The largest absolute Gasteiger partial charge is 0.437 e. The number of aromatic nitrogens is 4. The molecule has 0 aliphatic carbocycles. The van der Waals surface area contributed by atoms with E-state index in [4.69, 9.17) is 14.8 Å². The lowest BCUT2D eigenvalue weighted by Gasteiger charge is -2.26. The van der Waals surface area contributed by atoms with Gasteiger partial charge in [0.15, 0.2) is 6.10 Å². The van der Waals surface area contributed by atoms with Crippen molar-refractivity contribution in [3.05, 3.63) is 82.9 Å². The van der Waals surface area contributed by atoms with Crippen LogP contribution in [0.3, 0.4) is 0 Å². The Kier molecular flexibility index (Phi) is 6.32. The topological polar surface area (TPSA) is 104 Å². The van der Waals surface area contributed by atoms with Crippen molar-refractivity contribution in [2.24, 2.45) is 5.10 Å². The summed E-state index contributed by atoms with van der Waals surface area (Å²) in [5.74, 6) is 0.727. The van der Waals surface area contributed by atoms with Crippen molar-refractivity contribution in [2.45, 2.75) is 45.6 Å². The second kappa shape index (κ2) is 9.94. The Morgan fingerprint density at radius 3 is 2.61 bits per heavy atom. The first kappa shape index (κ1) is 24.2. The number of rotatable bonds is 7. The van der Waals surface area contributed by atoms with Gasteiger partial charge in [-0.2, -0.15) is 10.2 Å². The molecule has 10 heteroatoms. The molecule has 2 aromatic carbocycles. The molecule has 2 atom stereocenters. The monoisotopic (exact) mass is 512 g/mol. The first-order valence-electron chi connectivity index (χ1n) is 13.1. The summed E-state index contributed by atoms with van der Waals surface area (Å²) < 4.78 is 8.06. The van der Waals surface area contributed by atoms with Crippen molar-refractivity contribution < 1.29 is 9.53 Å². The van der Waals surface area contributed by atoms with Gasteiger partial charge in [0.1, 0.15) is 17.6 Å². The summed E-state index contributed by atoms with van der Waals surface area (Å²) in [5.41, 5.74) is 7.16. The van der Waals surface area contributed by atoms with Crippen LogP contribution in [0.2, 0.25) is 0 Å². The van der Waals surface area contributed by atoms with E-state index < -0.39 is 6.10 Å². The fourth-order valence-corrected chi connectivity index (χ4v) is 5.29. The normalized spacial score (nSPS) is 18.6. The van der Waals surface area contributed by atoms with E-state index >= 15 is 0 Å². The molecule has 4 heterocycles. The molecule has 0 fully saturated rings. The lowest BCUT2D eigenvalue weighted by Crippen LogP contribution is -2.39. The van der Waals surface area contributed by atoms with Gasteiger partial charge in [0.2, 0.25) is 0 Å². The number of amides is 1. The second-order valence-corrected chi connectivity index (χ2v) is 9.74. The van der Waals surface area contributed by atoms with Gasteiger partial charge < -0.3 is 19.9 Å².